The highest BCUT2D eigenvalue weighted by Gasteiger charge is 2.16. The lowest BCUT2D eigenvalue weighted by Crippen LogP contribution is -2.32. The highest BCUT2D eigenvalue weighted by atomic mass is 32.2. The molecule has 0 aliphatic heterocycles. The molecule has 2 heterocycles. The van der Waals surface area contributed by atoms with E-state index >= 15 is 0 Å². The van der Waals surface area contributed by atoms with Crippen LogP contribution >= 0.6 is 11.3 Å². The third kappa shape index (κ3) is 4.09. The van der Waals surface area contributed by atoms with E-state index in [1.165, 1.54) is 22.1 Å². The molecule has 8 heteroatoms. The van der Waals surface area contributed by atoms with Crippen molar-refractivity contribution in [1.29, 1.82) is 0 Å². The van der Waals surface area contributed by atoms with Gasteiger partial charge in [0.15, 0.2) is 0 Å². The molecule has 3 aromatic rings. The van der Waals surface area contributed by atoms with Gasteiger partial charge < -0.3 is 0 Å². The molecular weight excluding hydrogens is 370 g/mol. The molecule has 2 aromatic heterocycles. The zero-order valence-electron chi connectivity index (χ0n) is 14.5. The van der Waals surface area contributed by atoms with Crippen LogP contribution in [0.5, 0.6) is 0 Å². The number of hydrogen-bond donors (Lipinski definition) is 1. The Morgan fingerprint density at radius 3 is 2.69 bits per heavy atom. The van der Waals surface area contributed by atoms with Crippen molar-refractivity contribution in [3.05, 3.63) is 69.3 Å². The molecule has 0 aliphatic rings. The molecule has 6 nitrogen and oxygen atoms in total. The molecule has 0 fully saturated rings. The molecule has 0 radical (unpaired) electrons. The van der Waals surface area contributed by atoms with Crippen molar-refractivity contribution in [2.24, 2.45) is 0 Å². The van der Waals surface area contributed by atoms with Crippen LogP contribution in [0.4, 0.5) is 0 Å². The first-order valence-electron chi connectivity index (χ1n) is 8.06. The third-order valence-electron chi connectivity index (χ3n) is 3.89. The van der Waals surface area contributed by atoms with E-state index in [4.69, 9.17) is 0 Å². The molecule has 0 aliphatic carbocycles. The summed E-state index contributed by atoms with van der Waals surface area (Å²) in [7, 11) is -3.64. The molecule has 1 N–H and O–H groups in total. The van der Waals surface area contributed by atoms with Gasteiger partial charge in [0, 0.05) is 12.6 Å². The summed E-state index contributed by atoms with van der Waals surface area (Å²) in [6.07, 6.45) is 0. The van der Waals surface area contributed by atoms with Crippen molar-refractivity contribution >= 4 is 21.4 Å². The Hall–Kier alpha value is -2.29. The first-order valence-corrected chi connectivity index (χ1v) is 10.4. The molecule has 1 aromatic carbocycles. The number of aromatic nitrogens is 2. The molecule has 0 saturated carbocycles. The van der Waals surface area contributed by atoms with Gasteiger partial charge in [-0.3, -0.25) is 4.79 Å². The van der Waals surface area contributed by atoms with Crippen molar-refractivity contribution in [3.63, 3.8) is 0 Å². The average Bonchev–Trinajstić information content (AvgIpc) is 3.13. The minimum Gasteiger partial charge on any atom is -0.268 e. The van der Waals surface area contributed by atoms with E-state index in [0.717, 1.165) is 10.4 Å². The van der Waals surface area contributed by atoms with Gasteiger partial charge in [-0.2, -0.15) is 5.10 Å². The second kappa shape index (κ2) is 7.53. The van der Waals surface area contributed by atoms with Crippen molar-refractivity contribution in [2.75, 3.05) is 6.54 Å². The fraction of sp³-hybridized carbons (Fsp3) is 0.222. The van der Waals surface area contributed by atoms with Crippen LogP contribution in [0.15, 0.2) is 57.5 Å². The van der Waals surface area contributed by atoms with Crippen LogP contribution in [-0.4, -0.2) is 24.7 Å². The van der Waals surface area contributed by atoms with Crippen LogP contribution in [0.3, 0.4) is 0 Å². The molecule has 0 bridgehead atoms. The number of sulfonamides is 1. The zero-order chi connectivity index (χ0) is 18.7. The minimum atomic E-state index is -3.64. The van der Waals surface area contributed by atoms with E-state index in [1.54, 1.807) is 25.1 Å². The van der Waals surface area contributed by atoms with E-state index in [1.807, 2.05) is 30.5 Å². The highest BCUT2D eigenvalue weighted by Crippen LogP contribution is 2.21. The van der Waals surface area contributed by atoms with Crippen LogP contribution in [-0.2, 0) is 16.6 Å². The van der Waals surface area contributed by atoms with Gasteiger partial charge in [-0.1, -0.05) is 18.2 Å². The minimum absolute atomic E-state index is 0.0799. The van der Waals surface area contributed by atoms with E-state index in [9.17, 15) is 13.2 Å². The van der Waals surface area contributed by atoms with E-state index in [0.29, 0.717) is 11.3 Å². The van der Waals surface area contributed by atoms with Gasteiger partial charge in [0.1, 0.15) is 5.69 Å². The number of hydrogen-bond acceptors (Lipinski definition) is 5. The van der Waals surface area contributed by atoms with Crippen molar-refractivity contribution in [1.82, 2.24) is 14.5 Å². The molecule has 0 spiro atoms. The van der Waals surface area contributed by atoms with Gasteiger partial charge in [-0.05, 0) is 48.6 Å². The summed E-state index contributed by atoms with van der Waals surface area (Å²) in [5.41, 5.74) is 1.98. The number of rotatable bonds is 6. The number of benzene rings is 1. The van der Waals surface area contributed by atoms with Crippen LogP contribution in [0.1, 0.15) is 11.1 Å². The predicted octanol–water partition coefficient (Wildman–Crippen LogP) is 2.57. The smallest absolute Gasteiger partial charge is 0.266 e. The van der Waals surface area contributed by atoms with Crippen LogP contribution < -0.4 is 10.3 Å². The fourth-order valence-corrected chi connectivity index (χ4v) is 4.56. The van der Waals surface area contributed by atoms with Crippen molar-refractivity contribution in [3.8, 4) is 10.6 Å². The van der Waals surface area contributed by atoms with Gasteiger partial charge in [0.05, 0.1) is 16.3 Å². The largest absolute Gasteiger partial charge is 0.268 e. The Balaban J connectivity index is 1.74. The quantitative estimate of drug-likeness (QED) is 0.703. The van der Waals surface area contributed by atoms with Gasteiger partial charge in [0.25, 0.3) is 5.56 Å². The number of thiophene rings is 1. The normalized spacial score (nSPS) is 11.6. The van der Waals surface area contributed by atoms with Crippen molar-refractivity contribution < 1.29 is 8.42 Å². The van der Waals surface area contributed by atoms with Gasteiger partial charge in [0.2, 0.25) is 10.0 Å². The summed E-state index contributed by atoms with van der Waals surface area (Å²) < 4.78 is 28.9. The molecule has 0 atom stereocenters. The van der Waals surface area contributed by atoms with Crippen LogP contribution in [0.25, 0.3) is 10.6 Å². The Morgan fingerprint density at radius 1 is 1.15 bits per heavy atom. The monoisotopic (exact) mass is 389 g/mol. The summed E-state index contributed by atoms with van der Waals surface area (Å²) in [4.78, 5) is 13.2. The molecule has 3 rings (SSSR count). The van der Waals surface area contributed by atoms with Crippen LogP contribution in [0.2, 0.25) is 0 Å². The predicted molar refractivity (Wildman–Crippen MR) is 103 cm³/mol. The molecule has 0 amide bonds. The maximum atomic E-state index is 12.5. The standard InChI is InChI=1S/C18H19N3O3S2/c1-13-5-6-14(2)17(12-13)26(23,24)19-9-10-21-18(22)8-7-15(20-21)16-4-3-11-25-16/h3-8,11-12,19H,9-10H2,1-2H3. The lowest BCUT2D eigenvalue weighted by Gasteiger charge is -2.11. The van der Waals surface area contributed by atoms with E-state index < -0.39 is 10.0 Å². The van der Waals surface area contributed by atoms with Gasteiger partial charge in [-0.25, -0.2) is 17.8 Å². The van der Waals surface area contributed by atoms with Gasteiger partial charge in [-0.15, -0.1) is 11.3 Å². The summed E-state index contributed by atoms with van der Waals surface area (Å²) in [6, 6.07) is 12.2. The average molecular weight is 390 g/mol. The maximum absolute atomic E-state index is 12.5. The summed E-state index contributed by atoms with van der Waals surface area (Å²) >= 11 is 1.53. The third-order valence-corrected chi connectivity index (χ3v) is 6.38. The molecular formula is C18H19N3O3S2. The summed E-state index contributed by atoms with van der Waals surface area (Å²) in [6.45, 7) is 3.83. The maximum Gasteiger partial charge on any atom is 0.266 e. The zero-order valence-corrected chi connectivity index (χ0v) is 16.1. The van der Waals surface area contributed by atoms with Crippen LogP contribution in [0, 0.1) is 13.8 Å². The second-order valence-corrected chi connectivity index (χ2v) is 8.61. The van der Waals surface area contributed by atoms with Crippen molar-refractivity contribution in [2.45, 2.75) is 25.3 Å². The topological polar surface area (TPSA) is 81.1 Å². The van der Waals surface area contributed by atoms with Gasteiger partial charge >= 0.3 is 0 Å². The van der Waals surface area contributed by atoms with E-state index in [2.05, 4.69) is 9.82 Å². The fourth-order valence-electron chi connectivity index (χ4n) is 2.53. The highest BCUT2D eigenvalue weighted by molar-refractivity contribution is 7.89. The number of nitrogens with zero attached hydrogens (tertiary/aromatic N) is 2. The summed E-state index contributed by atoms with van der Waals surface area (Å²) in [5.74, 6) is 0. The number of aryl methyl sites for hydroxylation is 2. The first-order chi connectivity index (χ1) is 12.4. The Bertz CT molecular complexity index is 1070. The molecule has 136 valence electrons. The first kappa shape index (κ1) is 18.5. The lowest BCUT2D eigenvalue weighted by molar-refractivity contribution is 0.548. The molecule has 26 heavy (non-hydrogen) atoms. The second-order valence-electron chi connectivity index (χ2n) is 5.92. The SMILES string of the molecule is Cc1ccc(C)c(S(=O)(=O)NCCn2nc(-c3cccs3)ccc2=O)c1. The molecule has 0 unspecified atom stereocenters. The summed E-state index contributed by atoms with van der Waals surface area (Å²) in [5, 5.41) is 6.25. The van der Waals surface area contributed by atoms with E-state index in [-0.39, 0.29) is 23.5 Å². The lowest BCUT2D eigenvalue weighted by atomic mass is 10.2. The number of nitrogens with one attached hydrogen (secondary N) is 1. The molecule has 0 saturated heterocycles. The Labute approximate surface area is 156 Å². The Morgan fingerprint density at radius 2 is 1.96 bits per heavy atom. The Kier molecular flexibility index (Phi) is 5.36.